The minimum atomic E-state index is 0.900. The van der Waals surface area contributed by atoms with Gasteiger partial charge in [0, 0.05) is 11.8 Å². The molecule has 78 valence electrons. The summed E-state index contributed by atoms with van der Waals surface area (Å²) in [5.41, 5.74) is 3.41. The van der Waals surface area contributed by atoms with Crippen molar-refractivity contribution in [1.82, 2.24) is 15.4 Å². The van der Waals surface area contributed by atoms with E-state index < -0.39 is 0 Å². The zero-order valence-electron chi connectivity index (χ0n) is 8.90. The predicted octanol–water partition coefficient (Wildman–Crippen LogP) is 2.81. The monoisotopic (exact) mass is 201 g/mol. The second-order valence-electron chi connectivity index (χ2n) is 3.66. The molecule has 1 N–H and O–H groups in total. The molecule has 1 heterocycles. The lowest BCUT2D eigenvalue weighted by Crippen LogP contribution is -1.85. The van der Waals surface area contributed by atoms with E-state index >= 15 is 0 Å². The fraction of sp³-hybridized carbons (Fsp3) is 0.333. The number of aryl methyl sites for hydroxylation is 1. The zero-order valence-corrected chi connectivity index (χ0v) is 8.90. The first-order valence-corrected chi connectivity index (χ1v) is 5.36. The summed E-state index contributed by atoms with van der Waals surface area (Å²) in [6.07, 6.45) is 5.46. The molecule has 0 bridgehead atoms. The fourth-order valence-electron chi connectivity index (χ4n) is 1.57. The lowest BCUT2D eigenvalue weighted by Gasteiger charge is -2.00. The van der Waals surface area contributed by atoms with Crippen LogP contribution in [0.15, 0.2) is 30.5 Å². The average molecular weight is 201 g/mol. The molecule has 2 aromatic rings. The molecular formula is C12H15N3. The maximum atomic E-state index is 3.97. The Bertz CT molecular complexity index is 389. The molecule has 3 heteroatoms. The van der Waals surface area contributed by atoms with Crippen LogP contribution in [0.1, 0.15) is 25.3 Å². The van der Waals surface area contributed by atoms with Gasteiger partial charge in [-0.1, -0.05) is 42.8 Å². The van der Waals surface area contributed by atoms with Gasteiger partial charge in [0.1, 0.15) is 5.69 Å². The van der Waals surface area contributed by atoms with Crippen molar-refractivity contribution in [2.75, 3.05) is 0 Å². The summed E-state index contributed by atoms with van der Waals surface area (Å²) in [7, 11) is 0. The van der Waals surface area contributed by atoms with Crippen molar-refractivity contribution in [2.24, 2.45) is 0 Å². The van der Waals surface area contributed by atoms with Gasteiger partial charge in [0.05, 0.1) is 0 Å². The summed E-state index contributed by atoms with van der Waals surface area (Å²) >= 11 is 0. The average Bonchev–Trinajstić information content (AvgIpc) is 2.80. The Morgan fingerprint density at radius 1 is 1.20 bits per heavy atom. The van der Waals surface area contributed by atoms with Crippen LogP contribution in [0.3, 0.4) is 0 Å². The SMILES string of the molecule is CCCCc1ccc(-c2c[nH]nn2)cc1. The van der Waals surface area contributed by atoms with Crippen molar-refractivity contribution in [1.29, 1.82) is 0 Å². The van der Waals surface area contributed by atoms with E-state index in [1.807, 2.05) is 0 Å². The second-order valence-corrected chi connectivity index (χ2v) is 3.66. The molecule has 0 aliphatic rings. The third kappa shape index (κ3) is 2.43. The lowest BCUT2D eigenvalue weighted by molar-refractivity contribution is 0.795. The number of benzene rings is 1. The van der Waals surface area contributed by atoms with Gasteiger partial charge >= 0.3 is 0 Å². The molecule has 0 aliphatic carbocycles. The third-order valence-corrected chi connectivity index (χ3v) is 2.49. The Balaban J connectivity index is 2.11. The minimum absolute atomic E-state index is 0.900. The summed E-state index contributed by atoms with van der Waals surface area (Å²) in [4.78, 5) is 0. The number of unbranched alkanes of at least 4 members (excludes halogenated alkanes) is 1. The van der Waals surface area contributed by atoms with Gasteiger partial charge in [0.15, 0.2) is 0 Å². The summed E-state index contributed by atoms with van der Waals surface area (Å²) < 4.78 is 0. The number of rotatable bonds is 4. The van der Waals surface area contributed by atoms with Crippen molar-refractivity contribution in [3.63, 3.8) is 0 Å². The number of hydrogen-bond acceptors (Lipinski definition) is 2. The van der Waals surface area contributed by atoms with Crippen LogP contribution in [0, 0.1) is 0 Å². The van der Waals surface area contributed by atoms with Gasteiger partial charge in [-0.3, -0.25) is 5.10 Å². The smallest absolute Gasteiger partial charge is 0.112 e. The first-order valence-electron chi connectivity index (χ1n) is 5.36. The normalized spacial score (nSPS) is 10.5. The third-order valence-electron chi connectivity index (χ3n) is 2.49. The Morgan fingerprint density at radius 2 is 2.00 bits per heavy atom. The number of nitrogens with one attached hydrogen (secondary N) is 1. The van der Waals surface area contributed by atoms with Crippen LogP contribution in [0.4, 0.5) is 0 Å². The molecule has 1 aromatic carbocycles. The summed E-state index contributed by atoms with van der Waals surface area (Å²) in [6.45, 7) is 2.21. The summed E-state index contributed by atoms with van der Waals surface area (Å²) in [6, 6.07) is 8.53. The molecule has 0 saturated heterocycles. The minimum Gasteiger partial charge on any atom is -0.265 e. The Hall–Kier alpha value is -1.64. The molecule has 0 amide bonds. The first-order chi connectivity index (χ1) is 7.40. The Kier molecular flexibility index (Phi) is 3.12. The Labute approximate surface area is 89.5 Å². The van der Waals surface area contributed by atoms with Crippen LogP contribution in [-0.4, -0.2) is 15.4 Å². The van der Waals surface area contributed by atoms with Gasteiger partial charge < -0.3 is 0 Å². The van der Waals surface area contributed by atoms with Crippen molar-refractivity contribution >= 4 is 0 Å². The Morgan fingerprint density at radius 3 is 2.60 bits per heavy atom. The van der Waals surface area contributed by atoms with E-state index in [4.69, 9.17) is 0 Å². The molecule has 0 atom stereocenters. The van der Waals surface area contributed by atoms with Gasteiger partial charge in [-0.25, -0.2) is 0 Å². The van der Waals surface area contributed by atoms with Crippen LogP contribution >= 0.6 is 0 Å². The van der Waals surface area contributed by atoms with E-state index in [9.17, 15) is 0 Å². The molecule has 0 aliphatic heterocycles. The van der Waals surface area contributed by atoms with Crippen molar-refractivity contribution < 1.29 is 0 Å². The van der Waals surface area contributed by atoms with Gasteiger partial charge in [-0.05, 0) is 18.4 Å². The highest BCUT2D eigenvalue weighted by Crippen LogP contribution is 2.16. The zero-order chi connectivity index (χ0) is 10.5. The molecule has 0 radical (unpaired) electrons. The van der Waals surface area contributed by atoms with Crippen molar-refractivity contribution in [3.8, 4) is 11.3 Å². The van der Waals surface area contributed by atoms with Crippen LogP contribution in [0.2, 0.25) is 0 Å². The fourth-order valence-corrected chi connectivity index (χ4v) is 1.57. The second kappa shape index (κ2) is 4.73. The van der Waals surface area contributed by atoms with Crippen molar-refractivity contribution in [2.45, 2.75) is 26.2 Å². The molecule has 0 fully saturated rings. The molecule has 2 rings (SSSR count). The van der Waals surface area contributed by atoms with E-state index in [1.54, 1.807) is 6.20 Å². The van der Waals surface area contributed by atoms with Crippen LogP contribution in [-0.2, 0) is 6.42 Å². The summed E-state index contributed by atoms with van der Waals surface area (Å²) in [5, 5.41) is 10.4. The quantitative estimate of drug-likeness (QED) is 0.826. The van der Waals surface area contributed by atoms with Gasteiger partial charge in [0.25, 0.3) is 0 Å². The van der Waals surface area contributed by atoms with E-state index in [0.717, 1.165) is 17.7 Å². The molecule has 1 aromatic heterocycles. The van der Waals surface area contributed by atoms with Crippen LogP contribution in [0.25, 0.3) is 11.3 Å². The van der Waals surface area contributed by atoms with Crippen LogP contribution in [0.5, 0.6) is 0 Å². The molecular weight excluding hydrogens is 186 g/mol. The van der Waals surface area contributed by atoms with E-state index in [2.05, 4.69) is 46.6 Å². The van der Waals surface area contributed by atoms with E-state index in [0.29, 0.717) is 0 Å². The van der Waals surface area contributed by atoms with E-state index in [1.165, 1.54) is 18.4 Å². The van der Waals surface area contributed by atoms with Crippen molar-refractivity contribution in [3.05, 3.63) is 36.0 Å². The number of nitrogens with zero attached hydrogens (tertiary/aromatic N) is 2. The number of hydrogen-bond donors (Lipinski definition) is 1. The number of aromatic amines is 1. The number of H-pyrrole nitrogens is 1. The highest BCUT2D eigenvalue weighted by atomic mass is 15.3. The molecule has 0 unspecified atom stereocenters. The van der Waals surface area contributed by atoms with Gasteiger partial charge in [0.2, 0.25) is 0 Å². The molecule has 0 spiro atoms. The lowest BCUT2D eigenvalue weighted by atomic mass is 10.1. The topological polar surface area (TPSA) is 41.6 Å². The predicted molar refractivity (Wildman–Crippen MR) is 60.4 cm³/mol. The first kappa shape index (κ1) is 9.90. The maximum Gasteiger partial charge on any atom is 0.112 e. The standard InChI is InChI=1S/C12H15N3/c1-2-3-4-10-5-7-11(8-6-10)12-9-13-15-14-12/h5-9H,2-4H2,1H3,(H,13,14,15). The van der Waals surface area contributed by atoms with Crippen LogP contribution < -0.4 is 0 Å². The highest BCUT2D eigenvalue weighted by molar-refractivity contribution is 5.57. The highest BCUT2D eigenvalue weighted by Gasteiger charge is 1.99. The molecule has 3 nitrogen and oxygen atoms in total. The molecule has 15 heavy (non-hydrogen) atoms. The molecule has 0 saturated carbocycles. The van der Waals surface area contributed by atoms with Gasteiger partial charge in [-0.15, -0.1) is 5.10 Å². The van der Waals surface area contributed by atoms with E-state index in [-0.39, 0.29) is 0 Å². The number of aromatic nitrogens is 3. The summed E-state index contributed by atoms with van der Waals surface area (Å²) in [5.74, 6) is 0. The maximum absolute atomic E-state index is 3.97. The largest absolute Gasteiger partial charge is 0.265 e. The van der Waals surface area contributed by atoms with Gasteiger partial charge in [-0.2, -0.15) is 0 Å².